The van der Waals surface area contributed by atoms with E-state index < -0.39 is 11.8 Å². The fraction of sp³-hybridized carbons (Fsp3) is 0.154. The molecule has 174 valence electrons. The van der Waals surface area contributed by atoms with Crippen molar-refractivity contribution in [1.82, 2.24) is 0 Å². The Bertz CT molecular complexity index is 1300. The van der Waals surface area contributed by atoms with Gasteiger partial charge in [-0.05, 0) is 55.5 Å². The molecule has 0 spiro atoms. The number of hydrogen-bond donors (Lipinski definition) is 2. The SMILES string of the molecule is CCOc1ccc(NC(=O)c2oc3ccccc3c2NC(=O)COc2cccc(OC)c2)cc1. The van der Waals surface area contributed by atoms with E-state index in [-0.39, 0.29) is 18.1 Å². The van der Waals surface area contributed by atoms with E-state index in [1.165, 1.54) is 0 Å². The smallest absolute Gasteiger partial charge is 0.293 e. The van der Waals surface area contributed by atoms with E-state index in [0.717, 1.165) is 0 Å². The van der Waals surface area contributed by atoms with E-state index in [1.54, 1.807) is 79.9 Å². The van der Waals surface area contributed by atoms with Crippen LogP contribution < -0.4 is 24.8 Å². The van der Waals surface area contributed by atoms with Gasteiger partial charge < -0.3 is 29.3 Å². The summed E-state index contributed by atoms with van der Waals surface area (Å²) in [6.07, 6.45) is 0. The van der Waals surface area contributed by atoms with Crippen LogP contribution in [-0.2, 0) is 4.79 Å². The van der Waals surface area contributed by atoms with E-state index in [9.17, 15) is 9.59 Å². The predicted octanol–water partition coefficient (Wildman–Crippen LogP) is 5.11. The number of benzene rings is 3. The third kappa shape index (κ3) is 5.29. The van der Waals surface area contributed by atoms with E-state index in [0.29, 0.717) is 40.5 Å². The maximum Gasteiger partial charge on any atom is 0.293 e. The molecule has 0 bridgehead atoms. The molecule has 1 aromatic heterocycles. The fourth-order valence-electron chi connectivity index (χ4n) is 3.33. The standard InChI is InChI=1S/C26H24N2O6/c1-3-32-18-13-11-17(12-14-18)27-26(30)25-24(21-9-4-5-10-22(21)34-25)28-23(29)16-33-20-8-6-7-19(15-20)31-2/h4-15H,3,16H2,1-2H3,(H,27,30)(H,28,29). The van der Waals surface area contributed by atoms with E-state index in [4.69, 9.17) is 18.6 Å². The summed E-state index contributed by atoms with van der Waals surface area (Å²) in [7, 11) is 1.55. The molecule has 0 unspecified atom stereocenters. The lowest BCUT2D eigenvalue weighted by molar-refractivity contribution is -0.118. The number of furan rings is 1. The van der Waals surface area contributed by atoms with E-state index in [1.807, 2.05) is 6.92 Å². The monoisotopic (exact) mass is 460 g/mol. The molecule has 4 rings (SSSR count). The van der Waals surface area contributed by atoms with Crippen molar-refractivity contribution < 1.29 is 28.2 Å². The van der Waals surface area contributed by atoms with Crippen LogP contribution in [0.5, 0.6) is 17.2 Å². The number of para-hydroxylation sites is 1. The minimum atomic E-state index is -0.496. The summed E-state index contributed by atoms with van der Waals surface area (Å²) in [5.74, 6) is 0.860. The molecular weight excluding hydrogens is 436 g/mol. The van der Waals surface area contributed by atoms with Gasteiger partial charge in [-0.15, -0.1) is 0 Å². The van der Waals surface area contributed by atoms with Gasteiger partial charge in [-0.3, -0.25) is 9.59 Å². The van der Waals surface area contributed by atoms with Crippen LogP contribution in [0.3, 0.4) is 0 Å². The van der Waals surface area contributed by atoms with E-state index >= 15 is 0 Å². The van der Waals surface area contributed by atoms with Gasteiger partial charge in [0.05, 0.1) is 13.7 Å². The van der Waals surface area contributed by atoms with Crippen molar-refractivity contribution in [2.75, 3.05) is 31.0 Å². The van der Waals surface area contributed by atoms with Gasteiger partial charge in [0.1, 0.15) is 28.5 Å². The van der Waals surface area contributed by atoms with Crippen molar-refractivity contribution in [2.24, 2.45) is 0 Å². The largest absolute Gasteiger partial charge is 0.497 e. The molecule has 8 nitrogen and oxygen atoms in total. The summed E-state index contributed by atoms with van der Waals surface area (Å²) >= 11 is 0. The first-order valence-electron chi connectivity index (χ1n) is 10.7. The molecule has 3 aromatic carbocycles. The van der Waals surface area contributed by atoms with Gasteiger partial charge in [0.2, 0.25) is 5.76 Å². The quantitative estimate of drug-likeness (QED) is 0.360. The first kappa shape index (κ1) is 22.7. The molecular formula is C26H24N2O6. The first-order valence-corrected chi connectivity index (χ1v) is 10.7. The van der Waals surface area contributed by atoms with E-state index in [2.05, 4.69) is 10.6 Å². The van der Waals surface area contributed by atoms with Crippen LogP contribution in [0.4, 0.5) is 11.4 Å². The minimum Gasteiger partial charge on any atom is -0.497 e. The summed E-state index contributed by atoms with van der Waals surface area (Å²) in [6.45, 7) is 2.19. The maximum absolute atomic E-state index is 13.0. The summed E-state index contributed by atoms with van der Waals surface area (Å²) < 4.78 is 21.9. The average molecular weight is 460 g/mol. The molecule has 1 heterocycles. The number of hydrogen-bond acceptors (Lipinski definition) is 6. The Morgan fingerprint density at radius 1 is 0.853 bits per heavy atom. The molecule has 0 aliphatic heterocycles. The number of nitrogens with one attached hydrogen (secondary N) is 2. The topological polar surface area (TPSA) is 99.0 Å². The normalized spacial score (nSPS) is 10.5. The fourth-order valence-corrected chi connectivity index (χ4v) is 3.33. The number of methoxy groups -OCH3 is 1. The average Bonchev–Trinajstić information content (AvgIpc) is 3.23. The molecule has 34 heavy (non-hydrogen) atoms. The summed E-state index contributed by atoms with van der Waals surface area (Å²) in [5, 5.41) is 6.15. The number of fused-ring (bicyclic) bond motifs is 1. The lowest BCUT2D eigenvalue weighted by Gasteiger charge is -2.10. The van der Waals surface area contributed by atoms with Crippen molar-refractivity contribution in [3.8, 4) is 17.2 Å². The van der Waals surface area contributed by atoms with Crippen LogP contribution in [0.2, 0.25) is 0 Å². The van der Waals surface area contributed by atoms with Gasteiger partial charge in [0.25, 0.3) is 11.8 Å². The van der Waals surface area contributed by atoms with Gasteiger partial charge >= 0.3 is 0 Å². The van der Waals surface area contributed by atoms with Gasteiger partial charge in [-0.1, -0.05) is 18.2 Å². The zero-order valence-corrected chi connectivity index (χ0v) is 18.8. The van der Waals surface area contributed by atoms with Crippen LogP contribution in [0.25, 0.3) is 11.0 Å². The second-order valence-electron chi connectivity index (χ2n) is 7.23. The van der Waals surface area contributed by atoms with Crippen molar-refractivity contribution in [3.63, 3.8) is 0 Å². The Morgan fingerprint density at radius 3 is 2.38 bits per heavy atom. The second-order valence-corrected chi connectivity index (χ2v) is 7.23. The van der Waals surface area contributed by atoms with Gasteiger partial charge in [0, 0.05) is 17.1 Å². The molecule has 0 fully saturated rings. The first-order chi connectivity index (χ1) is 16.6. The number of rotatable bonds is 9. The van der Waals surface area contributed by atoms with Crippen LogP contribution in [0.15, 0.2) is 77.2 Å². The highest BCUT2D eigenvalue weighted by molar-refractivity contribution is 6.14. The molecule has 2 N–H and O–H groups in total. The van der Waals surface area contributed by atoms with Crippen molar-refractivity contribution >= 4 is 34.2 Å². The Balaban J connectivity index is 1.51. The van der Waals surface area contributed by atoms with Crippen LogP contribution in [0.1, 0.15) is 17.5 Å². The molecule has 0 radical (unpaired) electrons. The predicted molar refractivity (Wildman–Crippen MR) is 129 cm³/mol. The van der Waals surface area contributed by atoms with Crippen LogP contribution in [-0.4, -0.2) is 32.1 Å². The molecule has 8 heteroatoms. The molecule has 2 amide bonds. The van der Waals surface area contributed by atoms with Crippen molar-refractivity contribution in [3.05, 3.63) is 78.6 Å². The molecule has 0 aliphatic rings. The number of amides is 2. The summed E-state index contributed by atoms with van der Waals surface area (Å²) in [6, 6.07) is 21.0. The Labute approximate surface area is 196 Å². The van der Waals surface area contributed by atoms with Crippen molar-refractivity contribution in [1.29, 1.82) is 0 Å². The van der Waals surface area contributed by atoms with Crippen LogP contribution >= 0.6 is 0 Å². The number of carbonyl (C=O) groups is 2. The molecule has 0 saturated heterocycles. The number of carbonyl (C=O) groups excluding carboxylic acids is 2. The lowest BCUT2D eigenvalue weighted by atomic mass is 10.2. The summed E-state index contributed by atoms with van der Waals surface area (Å²) in [5.41, 5.74) is 1.31. The van der Waals surface area contributed by atoms with Crippen LogP contribution in [0, 0.1) is 0 Å². The third-order valence-electron chi connectivity index (χ3n) is 4.90. The second kappa shape index (κ2) is 10.4. The highest BCUT2D eigenvalue weighted by Gasteiger charge is 2.22. The summed E-state index contributed by atoms with van der Waals surface area (Å²) in [4.78, 5) is 25.7. The lowest BCUT2D eigenvalue weighted by Crippen LogP contribution is -2.22. The third-order valence-corrected chi connectivity index (χ3v) is 4.90. The zero-order valence-electron chi connectivity index (χ0n) is 18.8. The van der Waals surface area contributed by atoms with Gasteiger partial charge in [0.15, 0.2) is 6.61 Å². The zero-order chi connectivity index (χ0) is 23.9. The molecule has 0 aliphatic carbocycles. The highest BCUT2D eigenvalue weighted by Crippen LogP contribution is 2.31. The molecule has 0 atom stereocenters. The van der Waals surface area contributed by atoms with Gasteiger partial charge in [-0.25, -0.2) is 0 Å². The van der Waals surface area contributed by atoms with Crippen molar-refractivity contribution in [2.45, 2.75) is 6.92 Å². The highest BCUT2D eigenvalue weighted by atomic mass is 16.5. The Kier molecular flexibility index (Phi) is 6.98. The molecule has 4 aromatic rings. The minimum absolute atomic E-state index is 0.00943. The van der Waals surface area contributed by atoms with Gasteiger partial charge in [-0.2, -0.15) is 0 Å². The Hall–Kier alpha value is -4.46. The number of anilines is 2. The Morgan fingerprint density at radius 2 is 1.62 bits per heavy atom. The maximum atomic E-state index is 13.0. The molecule has 0 saturated carbocycles. The number of ether oxygens (including phenoxy) is 3.